The molecule has 0 spiro atoms. The monoisotopic (exact) mass is 301 g/mol. The molecule has 0 aromatic carbocycles. The van der Waals surface area contributed by atoms with Gasteiger partial charge in [-0.1, -0.05) is 5.16 Å². The van der Waals surface area contributed by atoms with Crippen molar-refractivity contribution in [1.82, 2.24) is 10.1 Å². The number of halogens is 1. The first-order valence-corrected chi connectivity index (χ1v) is 6.48. The van der Waals surface area contributed by atoms with Gasteiger partial charge in [-0.25, -0.2) is 0 Å². The fraction of sp³-hybridized carbons (Fsp3) is 0.400. The Morgan fingerprint density at radius 3 is 2.75 bits per heavy atom. The summed E-state index contributed by atoms with van der Waals surface area (Å²) < 4.78 is 6.15. The van der Waals surface area contributed by atoms with Gasteiger partial charge in [0, 0.05) is 15.4 Å². The van der Waals surface area contributed by atoms with E-state index in [0.29, 0.717) is 11.8 Å². The number of nitrogens with zero attached hydrogens (tertiary/aromatic N) is 2. The van der Waals surface area contributed by atoms with Crippen molar-refractivity contribution in [2.45, 2.75) is 26.3 Å². The lowest BCUT2D eigenvalue weighted by molar-refractivity contribution is 0.420. The molecule has 0 saturated heterocycles. The van der Waals surface area contributed by atoms with E-state index in [4.69, 9.17) is 4.52 Å². The minimum Gasteiger partial charge on any atom is -0.333 e. The average Bonchev–Trinajstić information content (AvgIpc) is 2.71. The Hall–Kier alpha value is -0.880. The summed E-state index contributed by atoms with van der Waals surface area (Å²) in [6, 6.07) is 2.42. The van der Waals surface area contributed by atoms with Gasteiger partial charge in [-0.2, -0.15) is 4.98 Å². The average molecular weight is 302 g/mol. The van der Waals surface area contributed by atoms with Crippen LogP contribution in [0.25, 0.3) is 10.7 Å². The Bertz CT molecular complexity index is 486. The molecule has 0 aliphatic heterocycles. The number of thiophene rings is 1. The molecule has 4 nitrogen and oxygen atoms in total. The van der Waals surface area contributed by atoms with E-state index in [1.54, 1.807) is 11.3 Å². The molecule has 6 heteroatoms. The maximum atomic E-state index is 5.12. The second-order valence-electron chi connectivity index (χ2n) is 4.43. The molecule has 2 heterocycles. The summed E-state index contributed by atoms with van der Waals surface area (Å²) in [5.41, 5.74) is -0.0835. The molecule has 2 aromatic rings. The molecular weight excluding hydrogens is 290 g/mol. The lowest BCUT2D eigenvalue weighted by atomic mass is 10.1. The maximum Gasteiger partial charge on any atom is 0.322 e. The molecule has 0 saturated carbocycles. The number of anilines is 1. The summed E-state index contributed by atoms with van der Waals surface area (Å²) in [6.07, 6.45) is 0. The third-order valence-corrected chi connectivity index (χ3v) is 3.38. The molecule has 2 aromatic heterocycles. The highest BCUT2D eigenvalue weighted by Gasteiger charge is 2.15. The summed E-state index contributed by atoms with van der Waals surface area (Å²) >= 11 is 4.97. The Morgan fingerprint density at radius 1 is 1.44 bits per heavy atom. The Kier molecular flexibility index (Phi) is 3.03. The maximum absolute atomic E-state index is 5.12. The predicted octanol–water partition coefficient (Wildman–Crippen LogP) is 3.77. The molecule has 2 rings (SSSR count). The van der Waals surface area contributed by atoms with Crippen molar-refractivity contribution in [1.29, 1.82) is 0 Å². The van der Waals surface area contributed by atoms with E-state index in [9.17, 15) is 0 Å². The van der Waals surface area contributed by atoms with Crippen LogP contribution in [-0.2, 0) is 0 Å². The van der Waals surface area contributed by atoms with Crippen LogP contribution in [0.4, 0.5) is 6.01 Å². The van der Waals surface area contributed by atoms with Crippen LogP contribution in [0, 0.1) is 0 Å². The zero-order valence-corrected chi connectivity index (χ0v) is 11.6. The highest BCUT2D eigenvalue weighted by atomic mass is 79.9. The first-order valence-electron chi connectivity index (χ1n) is 4.80. The number of hydrogen-bond acceptors (Lipinski definition) is 5. The van der Waals surface area contributed by atoms with Crippen molar-refractivity contribution >= 4 is 33.3 Å². The highest BCUT2D eigenvalue weighted by Crippen LogP contribution is 2.28. The Labute approximate surface area is 106 Å². The van der Waals surface area contributed by atoms with Crippen LogP contribution in [0.1, 0.15) is 20.8 Å². The number of hydrogen-bond donors (Lipinski definition) is 1. The molecule has 0 aliphatic rings. The van der Waals surface area contributed by atoms with Crippen LogP contribution < -0.4 is 5.32 Å². The van der Waals surface area contributed by atoms with Crippen LogP contribution in [0.3, 0.4) is 0 Å². The fourth-order valence-electron chi connectivity index (χ4n) is 1.13. The quantitative estimate of drug-likeness (QED) is 0.917. The molecule has 86 valence electrons. The first-order chi connectivity index (χ1) is 7.44. The second kappa shape index (κ2) is 4.18. The van der Waals surface area contributed by atoms with Gasteiger partial charge >= 0.3 is 6.01 Å². The van der Waals surface area contributed by atoms with Crippen molar-refractivity contribution < 1.29 is 4.52 Å². The number of rotatable bonds is 2. The van der Waals surface area contributed by atoms with Crippen molar-refractivity contribution in [3.63, 3.8) is 0 Å². The smallest absolute Gasteiger partial charge is 0.322 e. The van der Waals surface area contributed by atoms with Crippen LogP contribution in [0.15, 0.2) is 20.4 Å². The largest absolute Gasteiger partial charge is 0.333 e. The molecule has 0 amide bonds. The van der Waals surface area contributed by atoms with Crippen LogP contribution >= 0.6 is 27.3 Å². The summed E-state index contributed by atoms with van der Waals surface area (Å²) in [7, 11) is 0. The van der Waals surface area contributed by atoms with E-state index in [1.807, 2.05) is 32.2 Å². The minimum absolute atomic E-state index is 0.0835. The van der Waals surface area contributed by atoms with Gasteiger partial charge in [0.15, 0.2) is 0 Å². The van der Waals surface area contributed by atoms with Crippen molar-refractivity contribution in [2.75, 3.05) is 5.32 Å². The molecule has 0 bridgehead atoms. The SMILES string of the molecule is CC(C)(C)Nc1nc(-c2cc(Br)cs2)no1. The summed E-state index contributed by atoms with van der Waals surface area (Å²) in [5, 5.41) is 9.04. The zero-order chi connectivity index (χ0) is 11.8. The van der Waals surface area contributed by atoms with E-state index in [-0.39, 0.29) is 5.54 Å². The summed E-state index contributed by atoms with van der Waals surface area (Å²) in [5.74, 6) is 0.613. The van der Waals surface area contributed by atoms with Crippen molar-refractivity contribution in [2.24, 2.45) is 0 Å². The molecule has 0 fully saturated rings. The summed E-state index contributed by atoms with van der Waals surface area (Å²) in [6.45, 7) is 6.12. The third-order valence-electron chi connectivity index (χ3n) is 1.70. The van der Waals surface area contributed by atoms with Gasteiger partial charge < -0.3 is 9.84 Å². The fourth-order valence-corrected chi connectivity index (χ4v) is 2.48. The van der Waals surface area contributed by atoms with Gasteiger partial charge in [0.1, 0.15) is 0 Å². The van der Waals surface area contributed by atoms with Crippen LogP contribution in [-0.4, -0.2) is 15.7 Å². The van der Waals surface area contributed by atoms with Crippen LogP contribution in [0.2, 0.25) is 0 Å². The van der Waals surface area contributed by atoms with E-state index < -0.39 is 0 Å². The van der Waals surface area contributed by atoms with Gasteiger partial charge in [0.05, 0.1) is 4.88 Å². The molecule has 0 unspecified atom stereocenters. The predicted molar refractivity (Wildman–Crippen MR) is 68.7 cm³/mol. The van der Waals surface area contributed by atoms with E-state index in [1.165, 1.54) is 0 Å². The van der Waals surface area contributed by atoms with Gasteiger partial charge in [-0.05, 0) is 42.8 Å². The molecule has 16 heavy (non-hydrogen) atoms. The lowest BCUT2D eigenvalue weighted by Crippen LogP contribution is -2.26. The molecular formula is C10H12BrN3OS. The normalized spacial score (nSPS) is 11.8. The van der Waals surface area contributed by atoms with Gasteiger partial charge in [-0.15, -0.1) is 11.3 Å². The van der Waals surface area contributed by atoms with E-state index in [2.05, 4.69) is 31.4 Å². The highest BCUT2D eigenvalue weighted by molar-refractivity contribution is 9.10. The number of nitrogens with one attached hydrogen (secondary N) is 1. The lowest BCUT2D eigenvalue weighted by Gasteiger charge is -2.17. The van der Waals surface area contributed by atoms with Gasteiger partial charge in [0.25, 0.3) is 0 Å². The summed E-state index contributed by atoms with van der Waals surface area (Å²) in [4.78, 5) is 5.26. The Morgan fingerprint density at radius 2 is 2.19 bits per heavy atom. The van der Waals surface area contributed by atoms with Crippen molar-refractivity contribution in [3.05, 3.63) is 15.9 Å². The standard InChI is InChI=1S/C10H12BrN3OS/c1-10(2,3)13-9-12-8(14-15-9)7-4-6(11)5-16-7/h4-5H,1-3H3,(H,12,13,14). The topological polar surface area (TPSA) is 51.0 Å². The first kappa shape index (κ1) is 11.6. The van der Waals surface area contributed by atoms with Gasteiger partial charge in [-0.3, -0.25) is 0 Å². The third kappa shape index (κ3) is 2.82. The van der Waals surface area contributed by atoms with Crippen LogP contribution in [0.5, 0.6) is 0 Å². The zero-order valence-electron chi connectivity index (χ0n) is 9.24. The molecule has 0 radical (unpaired) electrons. The van der Waals surface area contributed by atoms with Gasteiger partial charge in [0.2, 0.25) is 5.82 Å². The molecule has 0 atom stereocenters. The van der Waals surface area contributed by atoms with Crippen molar-refractivity contribution in [3.8, 4) is 10.7 Å². The number of aromatic nitrogens is 2. The second-order valence-corrected chi connectivity index (χ2v) is 6.25. The molecule has 0 aliphatic carbocycles. The van der Waals surface area contributed by atoms with E-state index in [0.717, 1.165) is 9.35 Å². The van der Waals surface area contributed by atoms with E-state index >= 15 is 0 Å². The molecule has 1 N–H and O–H groups in total. The minimum atomic E-state index is -0.0835. The Balaban J connectivity index is 2.20.